The van der Waals surface area contributed by atoms with Gasteiger partial charge in [-0.3, -0.25) is 14.9 Å². The Morgan fingerprint density at radius 1 is 1.38 bits per heavy atom. The van der Waals surface area contributed by atoms with Crippen molar-refractivity contribution in [1.29, 1.82) is 0 Å². The normalized spacial score (nSPS) is 10.2. The molecule has 1 aromatic heterocycles. The van der Waals surface area contributed by atoms with Crippen molar-refractivity contribution in [3.8, 4) is 5.75 Å². The van der Waals surface area contributed by atoms with E-state index in [0.29, 0.717) is 27.0 Å². The highest BCUT2D eigenvalue weighted by molar-refractivity contribution is 9.09. The van der Waals surface area contributed by atoms with Gasteiger partial charge in [0.15, 0.2) is 10.9 Å². The van der Waals surface area contributed by atoms with E-state index in [2.05, 4.69) is 26.2 Å². The Bertz CT molecular complexity index is 685. The van der Waals surface area contributed by atoms with Crippen LogP contribution in [-0.4, -0.2) is 29.1 Å². The summed E-state index contributed by atoms with van der Waals surface area (Å²) in [4.78, 5) is 28.7. The lowest BCUT2D eigenvalue weighted by Crippen LogP contribution is -2.12. The SMILES string of the molecule is COc1ccccc1C(=O)Nc1nc(C)c(C(=O)CBr)s1. The number of aromatic nitrogens is 1. The largest absolute Gasteiger partial charge is 0.496 e. The Kier molecular flexibility index (Phi) is 5.08. The van der Waals surface area contributed by atoms with Crippen LogP contribution in [0.15, 0.2) is 24.3 Å². The third-order valence-electron chi connectivity index (χ3n) is 2.74. The lowest BCUT2D eigenvalue weighted by atomic mass is 10.2. The van der Waals surface area contributed by atoms with E-state index in [1.807, 2.05) is 0 Å². The summed E-state index contributed by atoms with van der Waals surface area (Å²) in [6.07, 6.45) is 0. The molecule has 0 atom stereocenters. The van der Waals surface area contributed by atoms with Crippen molar-refractivity contribution < 1.29 is 14.3 Å². The van der Waals surface area contributed by atoms with Crippen LogP contribution < -0.4 is 10.1 Å². The van der Waals surface area contributed by atoms with Crippen LogP contribution in [0.25, 0.3) is 0 Å². The molecule has 110 valence electrons. The maximum absolute atomic E-state index is 12.2. The van der Waals surface area contributed by atoms with Crippen molar-refractivity contribution >= 4 is 44.1 Å². The number of carbonyl (C=O) groups is 2. The minimum atomic E-state index is -0.320. The molecule has 1 amide bonds. The summed E-state index contributed by atoms with van der Waals surface area (Å²) in [5, 5.41) is 3.32. The van der Waals surface area contributed by atoms with Gasteiger partial charge in [0.2, 0.25) is 0 Å². The first kappa shape index (κ1) is 15.7. The summed E-state index contributed by atoms with van der Waals surface area (Å²) < 4.78 is 5.15. The molecule has 0 fully saturated rings. The second-order valence-corrected chi connectivity index (χ2v) is 5.70. The zero-order valence-corrected chi connectivity index (χ0v) is 13.9. The minimum Gasteiger partial charge on any atom is -0.496 e. The van der Waals surface area contributed by atoms with E-state index in [0.717, 1.165) is 0 Å². The standard InChI is InChI=1S/C14H13BrN2O3S/c1-8-12(10(18)7-15)21-14(16-8)17-13(19)9-5-3-4-6-11(9)20-2/h3-6H,7H2,1-2H3,(H,16,17,19). The van der Waals surface area contributed by atoms with Crippen LogP contribution in [0.4, 0.5) is 5.13 Å². The van der Waals surface area contributed by atoms with Crippen molar-refractivity contribution in [2.24, 2.45) is 0 Å². The van der Waals surface area contributed by atoms with Crippen LogP contribution in [-0.2, 0) is 0 Å². The van der Waals surface area contributed by atoms with Gasteiger partial charge in [-0.2, -0.15) is 0 Å². The third-order valence-corrected chi connectivity index (χ3v) is 4.37. The summed E-state index contributed by atoms with van der Waals surface area (Å²) in [7, 11) is 1.51. The number of anilines is 1. The molecule has 21 heavy (non-hydrogen) atoms. The van der Waals surface area contributed by atoms with E-state index >= 15 is 0 Å². The number of ketones is 1. The highest BCUT2D eigenvalue weighted by atomic mass is 79.9. The Balaban J connectivity index is 2.22. The van der Waals surface area contributed by atoms with Crippen molar-refractivity contribution in [3.05, 3.63) is 40.4 Å². The molecule has 0 unspecified atom stereocenters. The molecule has 0 radical (unpaired) electrons. The monoisotopic (exact) mass is 368 g/mol. The molecule has 1 N–H and O–H groups in total. The Morgan fingerprint density at radius 3 is 2.76 bits per heavy atom. The van der Waals surface area contributed by atoms with Crippen LogP contribution in [0.1, 0.15) is 25.7 Å². The molecule has 0 aliphatic rings. The van der Waals surface area contributed by atoms with E-state index in [9.17, 15) is 9.59 Å². The van der Waals surface area contributed by atoms with E-state index in [-0.39, 0.29) is 17.0 Å². The molecular formula is C14H13BrN2O3S. The van der Waals surface area contributed by atoms with Crippen LogP contribution in [0.3, 0.4) is 0 Å². The van der Waals surface area contributed by atoms with Crippen LogP contribution in [0.2, 0.25) is 0 Å². The number of nitrogens with one attached hydrogen (secondary N) is 1. The average molecular weight is 369 g/mol. The fraction of sp³-hybridized carbons (Fsp3) is 0.214. The second kappa shape index (κ2) is 6.82. The fourth-order valence-corrected chi connectivity index (χ4v) is 3.13. The number of ether oxygens (including phenoxy) is 1. The molecule has 2 rings (SSSR count). The number of aryl methyl sites for hydroxylation is 1. The number of hydrogen-bond donors (Lipinski definition) is 1. The van der Waals surface area contributed by atoms with Gasteiger partial charge in [0.25, 0.3) is 5.91 Å². The molecule has 1 aromatic carbocycles. The molecule has 0 spiro atoms. The Labute approximate surface area is 134 Å². The topological polar surface area (TPSA) is 68.3 Å². The van der Waals surface area contributed by atoms with E-state index in [4.69, 9.17) is 4.74 Å². The number of carbonyl (C=O) groups excluding carboxylic acids is 2. The third kappa shape index (κ3) is 3.48. The maximum Gasteiger partial charge on any atom is 0.261 e. The van der Waals surface area contributed by atoms with Crippen LogP contribution >= 0.6 is 27.3 Å². The number of halogens is 1. The first-order valence-corrected chi connectivity index (χ1v) is 8.01. The van der Waals surface area contributed by atoms with Gasteiger partial charge in [-0.15, -0.1) is 0 Å². The number of hydrogen-bond acceptors (Lipinski definition) is 5. The van der Waals surface area contributed by atoms with Gasteiger partial charge in [0.05, 0.1) is 28.6 Å². The average Bonchev–Trinajstić information content (AvgIpc) is 2.86. The molecule has 7 heteroatoms. The van der Waals surface area contributed by atoms with Crippen molar-refractivity contribution in [2.45, 2.75) is 6.92 Å². The molecular weight excluding hydrogens is 356 g/mol. The summed E-state index contributed by atoms with van der Waals surface area (Å²) in [6.45, 7) is 1.74. The van der Waals surface area contributed by atoms with E-state index < -0.39 is 0 Å². The molecule has 0 bridgehead atoms. The molecule has 5 nitrogen and oxygen atoms in total. The van der Waals surface area contributed by atoms with Gasteiger partial charge >= 0.3 is 0 Å². The second-order valence-electron chi connectivity index (χ2n) is 4.14. The maximum atomic E-state index is 12.2. The number of benzene rings is 1. The Hall–Kier alpha value is -1.73. The first-order valence-electron chi connectivity index (χ1n) is 6.07. The lowest BCUT2D eigenvalue weighted by molar-refractivity contribution is 0.101. The quantitative estimate of drug-likeness (QED) is 0.649. The van der Waals surface area contributed by atoms with Gasteiger partial charge in [-0.1, -0.05) is 39.4 Å². The predicted octanol–water partition coefficient (Wildman–Crippen LogP) is 3.29. The number of alkyl halides is 1. The number of rotatable bonds is 5. The van der Waals surface area contributed by atoms with E-state index in [1.54, 1.807) is 31.2 Å². The van der Waals surface area contributed by atoms with Crippen molar-refractivity contribution in [3.63, 3.8) is 0 Å². The van der Waals surface area contributed by atoms with Gasteiger partial charge in [-0.05, 0) is 19.1 Å². The van der Waals surface area contributed by atoms with Crippen LogP contribution in [0.5, 0.6) is 5.75 Å². The zero-order chi connectivity index (χ0) is 15.4. The number of thiazole rings is 1. The minimum absolute atomic E-state index is 0.0530. The highest BCUT2D eigenvalue weighted by Crippen LogP contribution is 2.25. The van der Waals surface area contributed by atoms with Crippen LogP contribution in [0, 0.1) is 6.92 Å². The Morgan fingerprint density at radius 2 is 2.10 bits per heavy atom. The molecule has 1 heterocycles. The number of nitrogens with zero attached hydrogens (tertiary/aromatic N) is 1. The molecule has 0 aliphatic heterocycles. The van der Waals surface area contributed by atoms with Crippen molar-refractivity contribution in [1.82, 2.24) is 4.98 Å². The van der Waals surface area contributed by atoms with E-state index in [1.165, 1.54) is 18.4 Å². The lowest BCUT2D eigenvalue weighted by Gasteiger charge is -2.06. The number of amides is 1. The summed E-state index contributed by atoms with van der Waals surface area (Å²) in [5.74, 6) is 0.113. The smallest absolute Gasteiger partial charge is 0.261 e. The first-order chi connectivity index (χ1) is 10.1. The van der Waals surface area contributed by atoms with Crippen molar-refractivity contribution in [2.75, 3.05) is 17.8 Å². The highest BCUT2D eigenvalue weighted by Gasteiger charge is 2.17. The van der Waals surface area contributed by atoms with Gasteiger partial charge in [0.1, 0.15) is 5.75 Å². The summed E-state index contributed by atoms with van der Waals surface area (Å²) in [6, 6.07) is 6.92. The summed E-state index contributed by atoms with van der Waals surface area (Å²) >= 11 is 4.29. The number of methoxy groups -OCH3 is 1. The zero-order valence-electron chi connectivity index (χ0n) is 11.5. The van der Waals surface area contributed by atoms with Gasteiger partial charge in [0, 0.05) is 0 Å². The molecule has 0 saturated carbocycles. The molecule has 0 saturated heterocycles. The van der Waals surface area contributed by atoms with Gasteiger partial charge in [-0.25, -0.2) is 4.98 Å². The molecule has 0 aliphatic carbocycles. The molecule has 2 aromatic rings. The fourth-order valence-electron chi connectivity index (χ4n) is 1.77. The predicted molar refractivity (Wildman–Crippen MR) is 85.9 cm³/mol. The summed E-state index contributed by atoms with van der Waals surface area (Å²) in [5.41, 5.74) is 1.03. The van der Waals surface area contributed by atoms with Gasteiger partial charge < -0.3 is 4.74 Å². The number of Topliss-reactive ketones (excluding diaryl/α,β-unsaturated/α-hetero) is 1. The number of para-hydroxylation sites is 1.